The number of hydrogen-bond donors (Lipinski definition) is 3. The number of rotatable bonds is 40. The average molecular weight is 878 g/mol. The average Bonchev–Trinajstić information content (AvgIpc) is 3.50. The van der Waals surface area contributed by atoms with Crippen molar-refractivity contribution in [2.24, 2.45) is 5.73 Å². The van der Waals surface area contributed by atoms with Gasteiger partial charge in [0.05, 0.1) is 19.3 Å². The molecule has 0 aliphatic rings. The van der Waals surface area contributed by atoms with E-state index in [0.717, 1.165) is 64.2 Å². The van der Waals surface area contributed by atoms with Crippen molar-refractivity contribution in [3.8, 4) is 0 Å². The van der Waals surface area contributed by atoms with Crippen LogP contribution in [0.2, 0.25) is 0 Å². The molecule has 350 valence electrons. The molecule has 0 aliphatic heterocycles. The number of ether oxygens (including phenoxy) is 2. The number of nitrogens with two attached hydrogens (primary N) is 1. The summed E-state index contributed by atoms with van der Waals surface area (Å²) in [5.74, 6) is 1.43. The predicted molar refractivity (Wildman–Crippen MR) is 247 cm³/mol. The maximum Gasteiger partial charge on any atom is 0.472 e. The number of carbonyl (C=O) groups is 2. The summed E-state index contributed by atoms with van der Waals surface area (Å²) in [7, 11) is -4.41. The van der Waals surface area contributed by atoms with Gasteiger partial charge >= 0.3 is 19.8 Å². The van der Waals surface area contributed by atoms with Crippen LogP contribution in [0.3, 0.4) is 0 Å². The first-order valence-electron chi connectivity index (χ1n) is 23.6. The largest absolute Gasteiger partial charge is 0.472 e. The quantitative estimate of drug-likeness (QED) is 0.0248. The van der Waals surface area contributed by atoms with Gasteiger partial charge in [-0.3, -0.25) is 18.6 Å². The highest BCUT2D eigenvalue weighted by Crippen LogP contribution is 2.43. The van der Waals surface area contributed by atoms with Crippen LogP contribution in [0, 0.1) is 13.8 Å². The van der Waals surface area contributed by atoms with Crippen molar-refractivity contribution in [2.75, 3.05) is 26.4 Å². The maximum atomic E-state index is 12.6. The number of esters is 2. The first-order chi connectivity index (χ1) is 29.5. The van der Waals surface area contributed by atoms with Crippen molar-refractivity contribution in [3.63, 3.8) is 0 Å². The zero-order chi connectivity index (χ0) is 44.8. The molecule has 11 nitrogen and oxygen atoms in total. The lowest BCUT2D eigenvalue weighted by Crippen LogP contribution is -2.29. The zero-order valence-corrected chi connectivity index (χ0v) is 39.4. The van der Waals surface area contributed by atoms with E-state index in [9.17, 15) is 24.2 Å². The summed E-state index contributed by atoms with van der Waals surface area (Å²) in [6, 6.07) is 0. The van der Waals surface area contributed by atoms with E-state index in [4.69, 9.17) is 28.7 Å². The van der Waals surface area contributed by atoms with Gasteiger partial charge in [0.25, 0.3) is 0 Å². The van der Waals surface area contributed by atoms with Gasteiger partial charge in [0.15, 0.2) is 6.10 Å². The third-order valence-corrected chi connectivity index (χ3v) is 11.5. The third-order valence-electron chi connectivity index (χ3n) is 10.5. The summed E-state index contributed by atoms with van der Waals surface area (Å²) in [6.45, 7) is 7.79. The molecule has 0 radical (unpaired) electrons. The minimum Gasteiger partial charge on any atom is -0.466 e. The number of hydrogen-bond acceptors (Lipinski definition) is 10. The Kier molecular flexibility index (Phi) is 34.8. The van der Waals surface area contributed by atoms with Crippen molar-refractivity contribution in [2.45, 2.75) is 200 Å². The molecule has 4 N–H and O–H groups in total. The lowest BCUT2D eigenvalue weighted by Gasteiger charge is -2.19. The molecule has 0 fully saturated rings. The number of aliphatic hydroxyl groups is 1. The van der Waals surface area contributed by atoms with Crippen LogP contribution in [0.4, 0.5) is 0 Å². The van der Waals surface area contributed by atoms with Gasteiger partial charge in [-0.1, -0.05) is 133 Å². The maximum absolute atomic E-state index is 12.6. The van der Waals surface area contributed by atoms with E-state index in [1.54, 1.807) is 0 Å². The second-order valence-corrected chi connectivity index (χ2v) is 17.5. The van der Waals surface area contributed by atoms with Crippen LogP contribution in [-0.2, 0) is 45.5 Å². The summed E-state index contributed by atoms with van der Waals surface area (Å²) in [4.78, 5) is 35.0. The van der Waals surface area contributed by atoms with Crippen molar-refractivity contribution in [3.05, 3.63) is 71.3 Å². The van der Waals surface area contributed by atoms with E-state index in [0.29, 0.717) is 25.7 Å². The van der Waals surface area contributed by atoms with E-state index in [1.165, 1.54) is 80.4 Å². The minimum atomic E-state index is -4.41. The first kappa shape index (κ1) is 56.2. The van der Waals surface area contributed by atoms with E-state index in [-0.39, 0.29) is 38.7 Å². The Morgan fingerprint density at radius 1 is 0.672 bits per heavy atom. The lowest BCUT2D eigenvalue weighted by atomic mass is 10.0. The molecule has 3 atom stereocenters. The Bertz CT molecular complexity index is 1430. The van der Waals surface area contributed by atoms with E-state index < -0.39 is 32.5 Å². The van der Waals surface area contributed by atoms with Crippen LogP contribution in [-0.4, -0.2) is 60.5 Å². The smallest absolute Gasteiger partial charge is 0.466 e. The van der Waals surface area contributed by atoms with Gasteiger partial charge in [-0.15, -0.1) is 0 Å². The van der Waals surface area contributed by atoms with Crippen molar-refractivity contribution >= 4 is 19.8 Å². The molecule has 0 aromatic carbocycles. The summed E-state index contributed by atoms with van der Waals surface area (Å²) in [6.07, 6.45) is 38.8. The Morgan fingerprint density at radius 2 is 1.20 bits per heavy atom. The molecule has 2 unspecified atom stereocenters. The molecular formula is C49H84NO10P. The van der Waals surface area contributed by atoms with Crippen LogP contribution in [0.15, 0.2) is 53.0 Å². The Labute approximate surface area is 369 Å². The van der Waals surface area contributed by atoms with Gasteiger partial charge in [0, 0.05) is 32.2 Å². The molecule has 1 aromatic rings. The lowest BCUT2D eigenvalue weighted by molar-refractivity contribution is -0.161. The molecule has 0 spiro atoms. The normalized spacial score (nSPS) is 14.1. The number of carbonyl (C=O) groups excluding carboxylic acids is 2. The zero-order valence-electron chi connectivity index (χ0n) is 38.5. The topological polar surface area (TPSA) is 168 Å². The fraction of sp³-hybridized carbons (Fsp3) is 0.714. The molecular weight excluding hydrogens is 794 g/mol. The fourth-order valence-corrected chi connectivity index (χ4v) is 7.47. The molecule has 1 rings (SSSR count). The standard InChI is InChI=1S/C49H84NO10P/c1-5-7-27-34-46-42(3)43(4)47(60-46)35-29-24-20-16-13-14-17-21-25-30-36-48(52)56-40-45(41-58-61(54,55)57-39-38-50)59-49(53)37-31-26-22-18-12-10-8-9-11-15-19-23-28-33-44(51)32-6-2/h8,10-11,15,18,22-23,28,44-45,51H,5-7,9,12-14,16-17,19-21,24-27,29-41,50H2,1-4H3,(H,54,55)/b10-8-,15-11-,22-18-,28-23-/t44?,45-/m1/s1. The molecule has 1 aromatic heterocycles. The summed E-state index contributed by atoms with van der Waals surface area (Å²) in [5, 5.41) is 9.74. The number of aryl methyl sites for hydroxylation is 2. The number of unbranched alkanes of at least 4 members (excludes halogenated alkanes) is 12. The number of phosphoric acid groups is 1. The highest BCUT2D eigenvalue weighted by atomic mass is 31.2. The minimum absolute atomic E-state index is 0.0319. The molecule has 0 saturated carbocycles. The predicted octanol–water partition coefficient (Wildman–Crippen LogP) is 12.1. The van der Waals surface area contributed by atoms with Gasteiger partial charge in [0.1, 0.15) is 18.1 Å². The van der Waals surface area contributed by atoms with Gasteiger partial charge in [-0.05, 0) is 89.2 Å². The van der Waals surface area contributed by atoms with E-state index in [1.807, 2.05) is 18.2 Å². The summed E-state index contributed by atoms with van der Waals surface area (Å²) in [5.41, 5.74) is 8.04. The van der Waals surface area contributed by atoms with Crippen molar-refractivity contribution in [1.82, 2.24) is 0 Å². The third kappa shape index (κ3) is 31.7. The summed E-state index contributed by atoms with van der Waals surface area (Å²) >= 11 is 0. The number of allylic oxidation sites excluding steroid dienone is 7. The van der Waals surface area contributed by atoms with Crippen molar-refractivity contribution < 1.29 is 47.1 Å². The van der Waals surface area contributed by atoms with Crippen LogP contribution >= 0.6 is 7.82 Å². The highest BCUT2D eigenvalue weighted by Gasteiger charge is 2.26. The molecule has 0 aliphatic carbocycles. The fourth-order valence-electron chi connectivity index (χ4n) is 6.70. The monoisotopic (exact) mass is 878 g/mol. The molecule has 0 amide bonds. The van der Waals surface area contributed by atoms with Gasteiger partial charge in [-0.25, -0.2) is 4.57 Å². The molecule has 0 saturated heterocycles. The van der Waals surface area contributed by atoms with Crippen LogP contribution in [0.1, 0.15) is 184 Å². The number of phosphoric ester groups is 1. The van der Waals surface area contributed by atoms with Crippen LogP contribution in [0.25, 0.3) is 0 Å². The highest BCUT2D eigenvalue weighted by molar-refractivity contribution is 7.47. The first-order valence-corrected chi connectivity index (χ1v) is 25.0. The van der Waals surface area contributed by atoms with Crippen LogP contribution < -0.4 is 5.73 Å². The summed E-state index contributed by atoms with van der Waals surface area (Å²) < 4.78 is 39.0. The Hall–Kier alpha value is -2.79. The number of aliphatic hydroxyl groups excluding tert-OH is 1. The molecule has 1 heterocycles. The van der Waals surface area contributed by atoms with Crippen molar-refractivity contribution in [1.29, 1.82) is 0 Å². The van der Waals surface area contributed by atoms with E-state index >= 15 is 0 Å². The van der Waals surface area contributed by atoms with E-state index in [2.05, 4.69) is 58.1 Å². The van der Waals surface area contributed by atoms with Gasteiger partial charge < -0.3 is 29.6 Å². The molecule has 0 bridgehead atoms. The SMILES string of the molecule is CCCCCc1oc(CCCCCCCCCCCCC(=O)OC[C@H](COP(=O)(O)OCCN)OC(=O)CCC/C=C\C/C=C\C/C=C\C/C=C\CC(O)CCC)c(C)c1C. The van der Waals surface area contributed by atoms with Gasteiger partial charge in [0.2, 0.25) is 0 Å². The second kappa shape index (κ2) is 37.7. The second-order valence-electron chi connectivity index (χ2n) is 16.0. The Morgan fingerprint density at radius 3 is 1.77 bits per heavy atom. The Balaban J connectivity index is 2.26. The van der Waals surface area contributed by atoms with Gasteiger partial charge in [-0.2, -0.15) is 0 Å². The molecule has 61 heavy (non-hydrogen) atoms. The number of furan rings is 1. The van der Waals surface area contributed by atoms with Crippen LogP contribution in [0.5, 0.6) is 0 Å². The molecule has 12 heteroatoms.